The van der Waals surface area contributed by atoms with Crippen LogP contribution in [0.5, 0.6) is 5.75 Å². The molecule has 0 atom stereocenters. The second-order valence-corrected chi connectivity index (χ2v) is 5.94. The highest BCUT2D eigenvalue weighted by molar-refractivity contribution is 6.03. The van der Waals surface area contributed by atoms with Crippen LogP contribution in [0.3, 0.4) is 0 Å². The fraction of sp³-hybridized carbons (Fsp3) is 0.200. The third kappa shape index (κ3) is 3.88. The minimum Gasteiger partial charge on any atom is -0.488 e. The summed E-state index contributed by atoms with van der Waals surface area (Å²) in [7, 11) is 0. The number of hydrogen-bond acceptors (Lipinski definition) is 4. The van der Waals surface area contributed by atoms with Crippen LogP contribution < -0.4 is 10.1 Å². The Bertz CT molecular complexity index is 899. The second kappa shape index (κ2) is 7.21. The minimum atomic E-state index is -0.314. The number of carbonyl (C=O) groups is 1. The number of amides is 1. The number of rotatable bonds is 5. The van der Waals surface area contributed by atoms with Gasteiger partial charge in [-0.05, 0) is 50.1 Å². The molecule has 0 aliphatic heterocycles. The second-order valence-electron chi connectivity index (χ2n) is 5.94. The molecule has 1 heterocycles. The SMILES string of the molecule is Cc1cccc(NC(=O)c2noc(C)c2COc2ccccc2C)c1. The Labute approximate surface area is 146 Å². The maximum absolute atomic E-state index is 12.5. The van der Waals surface area contributed by atoms with E-state index in [1.54, 1.807) is 6.92 Å². The molecule has 0 fully saturated rings. The van der Waals surface area contributed by atoms with E-state index in [4.69, 9.17) is 9.26 Å². The number of nitrogens with one attached hydrogen (secondary N) is 1. The van der Waals surface area contributed by atoms with Crippen molar-refractivity contribution in [2.45, 2.75) is 27.4 Å². The van der Waals surface area contributed by atoms with Gasteiger partial charge in [-0.15, -0.1) is 0 Å². The topological polar surface area (TPSA) is 64.4 Å². The zero-order valence-electron chi connectivity index (χ0n) is 14.5. The molecule has 1 aromatic heterocycles. The normalized spacial score (nSPS) is 10.5. The Hall–Kier alpha value is -3.08. The Morgan fingerprint density at radius 3 is 2.68 bits per heavy atom. The van der Waals surface area contributed by atoms with E-state index in [1.807, 2.05) is 62.4 Å². The summed E-state index contributed by atoms with van der Waals surface area (Å²) in [5.41, 5.74) is 3.71. The molecule has 0 spiro atoms. The maximum atomic E-state index is 12.5. The number of anilines is 1. The molecule has 25 heavy (non-hydrogen) atoms. The van der Waals surface area contributed by atoms with Crippen LogP contribution in [0.2, 0.25) is 0 Å². The van der Waals surface area contributed by atoms with E-state index < -0.39 is 0 Å². The molecule has 3 rings (SSSR count). The van der Waals surface area contributed by atoms with Crippen LogP contribution in [0.25, 0.3) is 0 Å². The maximum Gasteiger partial charge on any atom is 0.278 e. The van der Waals surface area contributed by atoms with E-state index in [1.165, 1.54) is 0 Å². The number of aromatic nitrogens is 1. The fourth-order valence-electron chi connectivity index (χ4n) is 2.52. The van der Waals surface area contributed by atoms with Crippen molar-refractivity contribution in [3.05, 3.63) is 76.7 Å². The Morgan fingerprint density at radius 2 is 1.92 bits per heavy atom. The summed E-state index contributed by atoms with van der Waals surface area (Å²) < 4.78 is 11.0. The van der Waals surface area contributed by atoms with Crippen LogP contribution in [-0.4, -0.2) is 11.1 Å². The zero-order valence-corrected chi connectivity index (χ0v) is 14.5. The quantitative estimate of drug-likeness (QED) is 0.748. The summed E-state index contributed by atoms with van der Waals surface area (Å²) >= 11 is 0. The van der Waals surface area contributed by atoms with Gasteiger partial charge in [0.05, 0.1) is 5.56 Å². The molecule has 0 bridgehead atoms. The molecular formula is C20H20N2O3. The smallest absolute Gasteiger partial charge is 0.278 e. The van der Waals surface area contributed by atoms with Crippen molar-refractivity contribution in [1.82, 2.24) is 5.16 Å². The van der Waals surface area contributed by atoms with Crippen molar-refractivity contribution in [3.63, 3.8) is 0 Å². The van der Waals surface area contributed by atoms with Gasteiger partial charge < -0.3 is 14.6 Å². The molecule has 0 aliphatic carbocycles. The van der Waals surface area contributed by atoms with Gasteiger partial charge >= 0.3 is 0 Å². The highest BCUT2D eigenvalue weighted by Gasteiger charge is 2.20. The largest absolute Gasteiger partial charge is 0.488 e. The lowest BCUT2D eigenvalue weighted by Crippen LogP contribution is -2.15. The lowest BCUT2D eigenvalue weighted by molar-refractivity contribution is 0.101. The summed E-state index contributed by atoms with van der Waals surface area (Å²) in [4.78, 5) is 12.5. The van der Waals surface area contributed by atoms with Crippen molar-refractivity contribution in [2.24, 2.45) is 0 Å². The fourth-order valence-corrected chi connectivity index (χ4v) is 2.52. The van der Waals surface area contributed by atoms with Crippen LogP contribution in [0.15, 0.2) is 53.1 Å². The first-order chi connectivity index (χ1) is 12.0. The van der Waals surface area contributed by atoms with Gasteiger partial charge in [-0.2, -0.15) is 0 Å². The standard InChI is InChI=1S/C20H20N2O3/c1-13-7-6-9-16(11-13)21-20(23)19-17(15(3)25-22-19)12-24-18-10-5-4-8-14(18)2/h4-11H,12H2,1-3H3,(H,21,23). The monoisotopic (exact) mass is 336 g/mol. The summed E-state index contributed by atoms with van der Waals surface area (Å²) in [6.07, 6.45) is 0. The van der Waals surface area contributed by atoms with E-state index in [0.717, 1.165) is 22.6 Å². The first-order valence-corrected chi connectivity index (χ1v) is 8.06. The van der Waals surface area contributed by atoms with Gasteiger partial charge in [-0.1, -0.05) is 35.5 Å². The predicted molar refractivity (Wildman–Crippen MR) is 95.9 cm³/mol. The van der Waals surface area contributed by atoms with Gasteiger partial charge in [0.2, 0.25) is 0 Å². The summed E-state index contributed by atoms with van der Waals surface area (Å²) in [5, 5.41) is 6.75. The van der Waals surface area contributed by atoms with E-state index in [9.17, 15) is 4.79 Å². The average molecular weight is 336 g/mol. The van der Waals surface area contributed by atoms with Crippen LogP contribution in [0.4, 0.5) is 5.69 Å². The van der Waals surface area contributed by atoms with E-state index >= 15 is 0 Å². The lowest BCUT2D eigenvalue weighted by Gasteiger charge is -2.09. The number of ether oxygens (including phenoxy) is 1. The Balaban J connectivity index is 1.77. The number of benzene rings is 2. The first kappa shape index (κ1) is 16.8. The highest BCUT2D eigenvalue weighted by atomic mass is 16.5. The Kier molecular flexibility index (Phi) is 4.84. The van der Waals surface area contributed by atoms with Crippen molar-refractivity contribution in [1.29, 1.82) is 0 Å². The van der Waals surface area contributed by atoms with E-state index in [2.05, 4.69) is 10.5 Å². The molecule has 128 valence electrons. The van der Waals surface area contributed by atoms with Crippen molar-refractivity contribution in [3.8, 4) is 5.75 Å². The third-order valence-electron chi connectivity index (χ3n) is 3.94. The number of nitrogens with zero attached hydrogens (tertiary/aromatic N) is 1. The van der Waals surface area contributed by atoms with Crippen molar-refractivity contribution in [2.75, 3.05) is 5.32 Å². The number of aryl methyl sites for hydroxylation is 3. The summed E-state index contributed by atoms with van der Waals surface area (Å²) in [6.45, 7) is 5.93. The predicted octanol–water partition coefficient (Wildman–Crippen LogP) is 4.43. The third-order valence-corrected chi connectivity index (χ3v) is 3.94. The number of para-hydroxylation sites is 1. The van der Waals surface area contributed by atoms with Crippen LogP contribution in [-0.2, 0) is 6.61 Å². The molecule has 2 aromatic carbocycles. The van der Waals surface area contributed by atoms with Gasteiger partial charge in [-0.3, -0.25) is 4.79 Å². The highest BCUT2D eigenvalue weighted by Crippen LogP contribution is 2.21. The van der Waals surface area contributed by atoms with E-state index in [-0.39, 0.29) is 18.2 Å². The average Bonchev–Trinajstić information content (AvgIpc) is 2.95. The van der Waals surface area contributed by atoms with Gasteiger partial charge in [-0.25, -0.2) is 0 Å². The number of carbonyl (C=O) groups excluding carboxylic acids is 1. The van der Waals surface area contributed by atoms with E-state index in [0.29, 0.717) is 11.3 Å². The molecule has 5 nitrogen and oxygen atoms in total. The molecule has 0 aliphatic rings. The summed E-state index contributed by atoms with van der Waals surface area (Å²) in [6, 6.07) is 15.3. The lowest BCUT2D eigenvalue weighted by atomic mass is 10.1. The molecule has 5 heteroatoms. The van der Waals surface area contributed by atoms with Crippen LogP contribution >= 0.6 is 0 Å². The molecule has 0 saturated carbocycles. The van der Waals surface area contributed by atoms with Crippen molar-refractivity contribution < 1.29 is 14.1 Å². The zero-order chi connectivity index (χ0) is 17.8. The number of hydrogen-bond donors (Lipinski definition) is 1. The minimum absolute atomic E-state index is 0.219. The van der Waals surface area contributed by atoms with Crippen LogP contribution in [0, 0.1) is 20.8 Å². The Morgan fingerprint density at radius 1 is 1.12 bits per heavy atom. The molecule has 0 unspecified atom stereocenters. The molecule has 0 saturated heterocycles. The van der Waals surface area contributed by atoms with Crippen molar-refractivity contribution >= 4 is 11.6 Å². The van der Waals surface area contributed by atoms with Gasteiger partial charge in [0.1, 0.15) is 18.1 Å². The molecule has 1 amide bonds. The van der Waals surface area contributed by atoms with Crippen LogP contribution in [0.1, 0.15) is 32.9 Å². The summed E-state index contributed by atoms with van der Waals surface area (Å²) in [5.74, 6) is 1.03. The van der Waals surface area contributed by atoms with Gasteiger partial charge in [0, 0.05) is 5.69 Å². The molecule has 1 N–H and O–H groups in total. The molecular weight excluding hydrogens is 316 g/mol. The van der Waals surface area contributed by atoms with Gasteiger partial charge in [0.15, 0.2) is 5.69 Å². The molecule has 0 radical (unpaired) electrons. The first-order valence-electron chi connectivity index (χ1n) is 8.06. The molecule has 3 aromatic rings. The van der Waals surface area contributed by atoms with Gasteiger partial charge in [0.25, 0.3) is 5.91 Å².